The number of ketones is 1. The molecule has 3 rings (SSSR count). The van der Waals surface area contributed by atoms with E-state index in [1.807, 2.05) is 6.92 Å². The zero-order valence-electron chi connectivity index (χ0n) is 14.8. The molecule has 1 fully saturated rings. The first-order chi connectivity index (χ1) is 12.4. The zero-order valence-corrected chi connectivity index (χ0v) is 14.8. The average Bonchev–Trinajstić information content (AvgIpc) is 3.07. The third-order valence-corrected chi connectivity index (χ3v) is 4.33. The van der Waals surface area contributed by atoms with Gasteiger partial charge in [-0.05, 0) is 37.6 Å². The van der Waals surface area contributed by atoms with Crippen molar-refractivity contribution < 1.29 is 24.3 Å². The van der Waals surface area contributed by atoms with Crippen LogP contribution in [0, 0.1) is 0 Å². The number of nitrogens with zero attached hydrogens (tertiary/aromatic N) is 1. The van der Waals surface area contributed by atoms with Gasteiger partial charge in [-0.2, -0.15) is 5.06 Å². The van der Waals surface area contributed by atoms with E-state index >= 15 is 0 Å². The van der Waals surface area contributed by atoms with Crippen molar-refractivity contribution in [2.24, 2.45) is 0 Å². The van der Waals surface area contributed by atoms with Crippen molar-refractivity contribution in [3.8, 4) is 0 Å². The molecule has 136 valence electrons. The number of hydrogen-bond donors (Lipinski definition) is 1. The molecular weight excluding hydrogens is 334 g/mol. The van der Waals surface area contributed by atoms with Gasteiger partial charge in [-0.15, -0.1) is 0 Å². The van der Waals surface area contributed by atoms with Crippen LogP contribution in [0.1, 0.15) is 40.1 Å². The number of ether oxygens (including phenoxy) is 2. The number of rotatable bonds is 5. The molecule has 1 N–H and O–H groups in total. The summed E-state index contributed by atoms with van der Waals surface area (Å²) in [4.78, 5) is 24.3. The predicted octanol–water partition coefficient (Wildman–Crippen LogP) is 3.23. The van der Waals surface area contributed by atoms with Gasteiger partial charge in [-0.1, -0.05) is 30.3 Å². The number of hydroxylamine groups is 1. The molecule has 6 heteroatoms. The fourth-order valence-electron chi connectivity index (χ4n) is 2.99. The second kappa shape index (κ2) is 7.37. The Morgan fingerprint density at radius 1 is 1.04 bits per heavy atom. The Morgan fingerprint density at radius 2 is 1.62 bits per heavy atom. The van der Waals surface area contributed by atoms with Crippen molar-refractivity contribution in [3.05, 3.63) is 65.2 Å². The maximum atomic E-state index is 12.6. The number of Topliss-reactive ketones (excluding diaryl/α,β-unsaturated/α-hetero) is 1. The lowest BCUT2D eigenvalue weighted by Gasteiger charge is -2.22. The fraction of sp³-hybridized carbons (Fsp3) is 0.300. The smallest absolute Gasteiger partial charge is 0.282 e. The minimum atomic E-state index is -0.655. The molecule has 0 radical (unpaired) electrons. The third-order valence-electron chi connectivity index (χ3n) is 4.33. The molecule has 1 saturated heterocycles. The standard InChI is InChI=1S/C20H21NO5/c1-14(22)17-5-3-4-6-18(17)19(23)21(24)16-9-7-15(8-10-16)13-20(2)25-11-12-26-20/h3-10,24H,11-13H2,1-2H3. The second-order valence-electron chi connectivity index (χ2n) is 6.39. The van der Waals surface area contributed by atoms with E-state index in [-0.39, 0.29) is 16.9 Å². The van der Waals surface area contributed by atoms with Crippen LogP contribution >= 0.6 is 0 Å². The van der Waals surface area contributed by atoms with Crippen LogP contribution in [0.25, 0.3) is 0 Å². The Balaban J connectivity index is 1.77. The summed E-state index contributed by atoms with van der Waals surface area (Å²) in [5, 5.41) is 10.8. The van der Waals surface area contributed by atoms with Crippen LogP contribution in [0.5, 0.6) is 0 Å². The molecule has 1 heterocycles. The number of carbonyl (C=O) groups is 2. The van der Waals surface area contributed by atoms with Gasteiger partial charge in [-0.25, -0.2) is 0 Å². The van der Waals surface area contributed by atoms with E-state index in [0.717, 1.165) is 5.56 Å². The molecule has 1 aliphatic rings. The van der Waals surface area contributed by atoms with Gasteiger partial charge in [0.25, 0.3) is 5.91 Å². The highest BCUT2D eigenvalue weighted by Gasteiger charge is 2.31. The second-order valence-corrected chi connectivity index (χ2v) is 6.39. The van der Waals surface area contributed by atoms with E-state index in [0.29, 0.717) is 30.4 Å². The van der Waals surface area contributed by atoms with E-state index in [9.17, 15) is 14.8 Å². The van der Waals surface area contributed by atoms with E-state index in [1.54, 1.807) is 42.5 Å². The van der Waals surface area contributed by atoms with Gasteiger partial charge in [0.1, 0.15) is 0 Å². The highest BCUT2D eigenvalue weighted by Crippen LogP contribution is 2.25. The van der Waals surface area contributed by atoms with Gasteiger partial charge in [-0.3, -0.25) is 14.8 Å². The zero-order chi connectivity index (χ0) is 18.7. The van der Waals surface area contributed by atoms with E-state index in [4.69, 9.17) is 9.47 Å². The van der Waals surface area contributed by atoms with Gasteiger partial charge >= 0.3 is 0 Å². The Labute approximate surface area is 151 Å². The minimum absolute atomic E-state index is 0.159. The number of benzene rings is 2. The molecule has 6 nitrogen and oxygen atoms in total. The lowest BCUT2D eigenvalue weighted by atomic mass is 10.0. The van der Waals surface area contributed by atoms with E-state index < -0.39 is 11.7 Å². The molecule has 1 amide bonds. The quantitative estimate of drug-likeness (QED) is 0.506. The van der Waals surface area contributed by atoms with Crippen molar-refractivity contribution in [1.29, 1.82) is 0 Å². The monoisotopic (exact) mass is 355 g/mol. The minimum Gasteiger partial charge on any atom is -0.347 e. The summed E-state index contributed by atoms with van der Waals surface area (Å²) >= 11 is 0. The Kier molecular flexibility index (Phi) is 5.18. The van der Waals surface area contributed by atoms with Crippen LogP contribution in [0.2, 0.25) is 0 Å². The first-order valence-electron chi connectivity index (χ1n) is 8.40. The molecule has 0 unspecified atom stereocenters. The van der Waals surface area contributed by atoms with Crippen molar-refractivity contribution in [1.82, 2.24) is 0 Å². The topological polar surface area (TPSA) is 76.1 Å². The van der Waals surface area contributed by atoms with Crippen molar-refractivity contribution >= 4 is 17.4 Å². The summed E-state index contributed by atoms with van der Waals surface area (Å²) in [6, 6.07) is 13.3. The van der Waals surface area contributed by atoms with Crippen LogP contribution in [0.3, 0.4) is 0 Å². The summed E-state index contributed by atoms with van der Waals surface area (Å²) in [7, 11) is 0. The lowest BCUT2D eigenvalue weighted by molar-refractivity contribution is -0.140. The van der Waals surface area contributed by atoms with Crippen LogP contribution < -0.4 is 5.06 Å². The lowest BCUT2D eigenvalue weighted by Crippen LogP contribution is -2.29. The summed E-state index contributed by atoms with van der Waals surface area (Å²) < 4.78 is 11.2. The molecule has 26 heavy (non-hydrogen) atoms. The number of anilines is 1. The molecule has 0 aliphatic carbocycles. The summed E-state index contributed by atoms with van der Waals surface area (Å²) in [5.41, 5.74) is 1.71. The first kappa shape index (κ1) is 18.3. The van der Waals surface area contributed by atoms with Crippen LogP contribution in [0.15, 0.2) is 48.5 Å². The summed E-state index contributed by atoms with van der Waals surface area (Å²) in [6.45, 7) is 4.41. The highest BCUT2D eigenvalue weighted by atomic mass is 16.7. The summed E-state index contributed by atoms with van der Waals surface area (Å²) in [6.07, 6.45) is 0.569. The maximum absolute atomic E-state index is 12.6. The Hall–Kier alpha value is -2.54. The average molecular weight is 355 g/mol. The van der Waals surface area contributed by atoms with Crippen molar-refractivity contribution in [2.75, 3.05) is 18.3 Å². The normalized spacial score (nSPS) is 15.7. The molecule has 1 aliphatic heterocycles. The predicted molar refractivity (Wildman–Crippen MR) is 95.5 cm³/mol. The third kappa shape index (κ3) is 3.83. The van der Waals surface area contributed by atoms with Gasteiger partial charge in [0.15, 0.2) is 11.6 Å². The van der Waals surface area contributed by atoms with Gasteiger partial charge in [0.05, 0.1) is 24.5 Å². The van der Waals surface area contributed by atoms with Crippen LogP contribution in [-0.2, 0) is 15.9 Å². The van der Waals surface area contributed by atoms with E-state index in [2.05, 4.69) is 0 Å². The van der Waals surface area contributed by atoms with E-state index in [1.165, 1.54) is 13.0 Å². The van der Waals surface area contributed by atoms with Crippen LogP contribution in [-0.4, -0.2) is 35.9 Å². The number of carbonyl (C=O) groups excluding carboxylic acids is 2. The molecule has 0 atom stereocenters. The van der Waals surface area contributed by atoms with Crippen LogP contribution in [0.4, 0.5) is 5.69 Å². The summed E-state index contributed by atoms with van der Waals surface area (Å²) in [5.74, 6) is -1.53. The highest BCUT2D eigenvalue weighted by molar-refractivity contribution is 6.12. The Morgan fingerprint density at radius 3 is 2.19 bits per heavy atom. The number of amides is 1. The largest absolute Gasteiger partial charge is 0.347 e. The fourth-order valence-corrected chi connectivity index (χ4v) is 2.99. The van der Waals surface area contributed by atoms with Crippen molar-refractivity contribution in [3.63, 3.8) is 0 Å². The molecule has 0 saturated carbocycles. The maximum Gasteiger partial charge on any atom is 0.282 e. The Bertz CT molecular complexity index is 809. The molecule has 2 aromatic carbocycles. The van der Waals surface area contributed by atoms with Crippen molar-refractivity contribution in [2.45, 2.75) is 26.1 Å². The molecule has 0 bridgehead atoms. The molecular formula is C20H21NO5. The first-order valence-corrected chi connectivity index (χ1v) is 8.40. The van der Waals surface area contributed by atoms with Gasteiger partial charge in [0.2, 0.25) is 0 Å². The SMILES string of the molecule is CC(=O)c1ccccc1C(=O)N(O)c1ccc(CC2(C)OCCO2)cc1. The number of hydrogen-bond acceptors (Lipinski definition) is 5. The molecule has 0 aromatic heterocycles. The van der Waals surface area contributed by atoms with Gasteiger partial charge in [0, 0.05) is 12.0 Å². The molecule has 0 spiro atoms. The molecule has 2 aromatic rings. The van der Waals surface area contributed by atoms with Gasteiger partial charge < -0.3 is 9.47 Å².